The largest absolute Gasteiger partial charge is 0.482 e. The van der Waals surface area contributed by atoms with Gasteiger partial charge >= 0.3 is 0 Å². The normalized spacial score (nSPS) is 20.6. The smallest absolute Gasteiger partial charge is 0.269 e. The summed E-state index contributed by atoms with van der Waals surface area (Å²) < 4.78 is 22.1. The average molecular weight is 348 g/mol. The number of nitrogens with one attached hydrogen (secondary N) is 1. The molecule has 1 amide bonds. The minimum atomic E-state index is -0.790. The number of carbonyl (C=O) groups is 1. The molecule has 2 heterocycles. The Morgan fingerprint density at radius 3 is 2.50 bits per heavy atom. The van der Waals surface area contributed by atoms with Crippen molar-refractivity contribution in [2.45, 2.75) is 19.1 Å². The summed E-state index contributed by atoms with van der Waals surface area (Å²) in [7, 11) is 0. The Hall–Kier alpha value is -2.60. The highest BCUT2D eigenvalue weighted by Crippen LogP contribution is 2.39. The van der Waals surface area contributed by atoms with Gasteiger partial charge in [0.15, 0.2) is 23.0 Å². The molecule has 0 spiro atoms. The topological polar surface area (TPSA) is 66.0 Å². The van der Waals surface area contributed by atoms with Crippen LogP contribution < -0.4 is 24.3 Å². The molecule has 124 valence electrons. The van der Waals surface area contributed by atoms with Crippen LogP contribution >= 0.6 is 11.6 Å². The van der Waals surface area contributed by atoms with Crippen molar-refractivity contribution in [3.8, 4) is 23.0 Å². The first kappa shape index (κ1) is 15.0. The molecular formula is C17H14ClNO5. The van der Waals surface area contributed by atoms with E-state index in [1.165, 1.54) is 0 Å². The number of carbonyl (C=O) groups excluding carboxylic acids is 1. The molecule has 0 radical (unpaired) electrons. The number of para-hydroxylation sites is 2. The summed E-state index contributed by atoms with van der Waals surface area (Å²) >= 11 is 6.19. The zero-order valence-corrected chi connectivity index (χ0v) is 13.5. The van der Waals surface area contributed by atoms with Gasteiger partial charge in [0, 0.05) is 12.1 Å². The molecule has 1 N–H and O–H groups in total. The lowest BCUT2D eigenvalue weighted by Gasteiger charge is -2.31. The van der Waals surface area contributed by atoms with Gasteiger partial charge in [-0.3, -0.25) is 4.79 Å². The van der Waals surface area contributed by atoms with Gasteiger partial charge < -0.3 is 24.3 Å². The molecule has 2 aromatic carbocycles. The van der Waals surface area contributed by atoms with Gasteiger partial charge in [0.05, 0.1) is 10.7 Å². The monoisotopic (exact) mass is 347 g/mol. The number of amides is 1. The minimum absolute atomic E-state index is 0.135. The van der Waals surface area contributed by atoms with Gasteiger partial charge in [-0.05, 0) is 19.1 Å². The molecular weight excluding hydrogens is 334 g/mol. The molecule has 0 bridgehead atoms. The predicted molar refractivity (Wildman–Crippen MR) is 87.2 cm³/mol. The number of hydrogen-bond acceptors (Lipinski definition) is 5. The number of fused-ring (bicyclic) bond motifs is 2. The minimum Gasteiger partial charge on any atom is -0.482 e. The molecule has 4 rings (SSSR count). The fraction of sp³-hybridized carbons (Fsp3) is 0.235. The maximum atomic E-state index is 12.6. The summed E-state index contributed by atoms with van der Waals surface area (Å²) in [6, 6.07) is 10.5. The second-order valence-electron chi connectivity index (χ2n) is 5.48. The second kappa shape index (κ2) is 5.79. The van der Waals surface area contributed by atoms with E-state index in [1.54, 1.807) is 31.2 Å². The third kappa shape index (κ3) is 2.59. The molecule has 2 atom stereocenters. The van der Waals surface area contributed by atoms with Crippen LogP contribution in [0.1, 0.15) is 6.92 Å². The van der Waals surface area contributed by atoms with E-state index in [-0.39, 0.29) is 12.7 Å². The quantitative estimate of drug-likeness (QED) is 0.903. The average Bonchev–Trinajstić information content (AvgIpc) is 3.01. The molecule has 0 saturated carbocycles. The van der Waals surface area contributed by atoms with Crippen LogP contribution in [0.15, 0.2) is 36.4 Å². The van der Waals surface area contributed by atoms with E-state index in [1.807, 2.05) is 12.1 Å². The van der Waals surface area contributed by atoms with E-state index < -0.39 is 12.2 Å². The van der Waals surface area contributed by atoms with E-state index in [9.17, 15) is 4.79 Å². The third-order valence-corrected chi connectivity index (χ3v) is 4.13. The zero-order valence-electron chi connectivity index (χ0n) is 12.7. The second-order valence-corrected chi connectivity index (χ2v) is 5.89. The van der Waals surface area contributed by atoms with Crippen molar-refractivity contribution >= 4 is 23.2 Å². The number of halogens is 1. The predicted octanol–water partition coefficient (Wildman–Crippen LogP) is 3.24. The summed E-state index contributed by atoms with van der Waals surface area (Å²) in [5.41, 5.74) is 0.431. The van der Waals surface area contributed by atoms with Crippen LogP contribution in [0.25, 0.3) is 0 Å². The highest BCUT2D eigenvalue weighted by molar-refractivity contribution is 6.34. The molecule has 7 heteroatoms. The van der Waals surface area contributed by atoms with E-state index in [0.717, 1.165) is 0 Å². The summed E-state index contributed by atoms with van der Waals surface area (Å²) in [5, 5.41) is 3.12. The van der Waals surface area contributed by atoms with Gasteiger partial charge in [-0.2, -0.15) is 0 Å². The Bertz CT molecular complexity index is 810. The molecule has 0 aromatic heterocycles. The number of anilines is 1. The van der Waals surface area contributed by atoms with Crippen molar-refractivity contribution in [3.63, 3.8) is 0 Å². The van der Waals surface area contributed by atoms with Crippen molar-refractivity contribution in [1.82, 2.24) is 0 Å². The number of rotatable bonds is 2. The van der Waals surface area contributed by atoms with Crippen molar-refractivity contribution < 1.29 is 23.7 Å². The SMILES string of the molecule is C[C@H]1Oc2ccccc2O[C@@H]1C(=O)Nc1cc2c(cc1Cl)OCO2. The van der Waals surface area contributed by atoms with Gasteiger partial charge in [-0.25, -0.2) is 0 Å². The van der Waals surface area contributed by atoms with Crippen LogP contribution in [0.3, 0.4) is 0 Å². The lowest BCUT2D eigenvalue weighted by molar-refractivity contribution is -0.128. The number of benzene rings is 2. The van der Waals surface area contributed by atoms with E-state index in [4.69, 9.17) is 30.5 Å². The fourth-order valence-electron chi connectivity index (χ4n) is 2.62. The van der Waals surface area contributed by atoms with Gasteiger partial charge in [0.25, 0.3) is 5.91 Å². The van der Waals surface area contributed by atoms with Crippen molar-refractivity contribution in [1.29, 1.82) is 0 Å². The summed E-state index contributed by atoms with van der Waals surface area (Å²) in [4.78, 5) is 12.6. The first-order valence-corrected chi connectivity index (χ1v) is 7.82. The van der Waals surface area contributed by atoms with Crippen LogP contribution in [0.2, 0.25) is 5.02 Å². The van der Waals surface area contributed by atoms with Crippen LogP contribution in [0.5, 0.6) is 23.0 Å². The van der Waals surface area contributed by atoms with Crippen LogP contribution in [-0.2, 0) is 4.79 Å². The standard InChI is InChI=1S/C17H14ClNO5/c1-9-16(24-13-5-3-2-4-12(13)23-9)17(20)19-11-7-15-14(6-10(11)18)21-8-22-15/h2-7,9,16H,8H2,1H3,(H,19,20)/t9-,16+/m1/s1. The first-order chi connectivity index (χ1) is 11.6. The fourth-order valence-corrected chi connectivity index (χ4v) is 2.82. The van der Waals surface area contributed by atoms with Crippen LogP contribution in [-0.4, -0.2) is 24.9 Å². The molecule has 0 saturated heterocycles. The Balaban J connectivity index is 1.55. The first-order valence-electron chi connectivity index (χ1n) is 7.44. The van der Waals surface area contributed by atoms with Crippen molar-refractivity contribution in [3.05, 3.63) is 41.4 Å². The van der Waals surface area contributed by atoms with Gasteiger partial charge in [-0.1, -0.05) is 23.7 Å². The van der Waals surface area contributed by atoms with Crippen molar-refractivity contribution in [2.75, 3.05) is 12.1 Å². The lowest BCUT2D eigenvalue weighted by atomic mass is 10.1. The van der Waals surface area contributed by atoms with Gasteiger partial charge in [-0.15, -0.1) is 0 Å². The summed E-state index contributed by atoms with van der Waals surface area (Å²) in [6.45, 7) is 1.91. The highest BCUT2D eigenvalue weighted by Gasteiger charge is 2.34. The van der Waals surface area contributed by atoms with Gasteiger partial charge in [0.2, 0.25) is 12.9 Å². The Kier molecular flexibility index (Phi) is 3.61. The molecule has 0 unspecified atom stereocenters. The molecule has 0 fully saturated rings. The number of ether oxygens (including phenoxy) is 4. The van der Waals surface area contributed by atoms with E-state index in [2.05, 4.69) is 5.32 Å². The maximum absolute atomic E-state index is 12.6. The molecule has 2 aliphatic heterocycles. The molecule has 24 heavy (non-hydrogen) atoms. The van der Waals surface area contributed by atoms with Crippen LogP contribution in [0.4, 0.5) is 5.69 Å². The van der Waals surface area contributed by atoms with E-state index >= 15 is 0 Å². The summed E-state index contributed by atoms with van der Waals surface area (Å²) in [6.07, 6.45) is -1.23. The van der Waals surface area contributed by atoms with Crippen molar-refractivity contribution in [2.24, 2.45) is 0 Å². The molecule has 6 nitrogen and oxygen atoms in total. The molecule has 2 aromatic rings. The lowest BCUT2D eigenvalue weighted by Crippen LogP contribution is -2.46. The third-order valence-electron chi connectivity index (χ3n) is 3.82. The Morgan fingerprint density at radius 1 is 1.08 bits per heavy atom. The summed E-state index contributed by atoms with van der Waals surface area (Å²) in [5.74, 6) is 1.90. The zero-order chi connectivity index (χ0) is 16.7. The van der Waals surface area contributed by atoms with Gasteiger partial charge in [0.1, 0.15) is 6.10 Å². The maximum Gasteiger partial charge on any atom is 0.269 e. The number of hydrogen-bond donors (Lipinski definition) is 1. The molecule has 2 aliphatic rings. The Morgan fingerprint density at radius 2 is 1.75 bits per heavy atom. The molecule has 0 aliphatic carbocycles. The highest BCUT2D eigenvalue weighted by atomic mass is 35.5. The van der Waals surface area contributed by atoms with Crippen LogP contribution in [0, 0.1) is 0 Å². The van der Waals surface area contributed by atoms with E-state index in [0.29, 0.717) is 33.7 Å². The Labute approximate surface area is 143 Å².